The van der Waals surface area contributed by atoms with E-state index < -0.39 is 12.0 Å². The SMILES string of the molecule is O=C(NCc1ccc(C(=O)N2CCCC2C(=O)O)cc1)C1CCCC1. The third-order valence-electron chi connectivity index (χ3n) is 5.19. The maximum Gasteiger partial charge on any atom is 0.326 e. The number of carboxylic acids is 1. The molecule has 1 unspecified atom stereocenters. The lowest BCUT2D eigenvalue weighted by molar-refractivity contribution is -0.141. The van der Waals surface area contributed by atoms with Gasteiger partial charge in [0, 0.05) is 24.6 Å². The summed E-state index contributed by atoms with van der Waals surface area (Å²) in [5.41, 5.74) is 1.41. The molecule has 2 N–H and O–H groups in total. The van der Waals surface area contributed by atoms with E-state index in [1.165, 1.54) is 4.90 Å². The van der Waals surface area contributed by atoms with Gasteiger partial charge in [-0.05, 0) is 43.4 Å². The molecule has 2 amide bonds. The van der Waals surface area contributed by atoms with Crippen molar-refractivity contribution in [3.8, 4) is 0 Å². The summed E-state index contributed by atoms with van der Waals surface area (Å²) in [6.07, 6.45) is 5.42. The summed E-state index contributed by atoms with van der Waals surface area (Å²) in [7, 11) is 0. The second-order valence-electron chi connectivity index (χ2n) is 6.89. The van der Waals surface area contributed by atoms with Crippen LogP contribution in [0.3, 0.4) is 0 Å². The van der Waals surface area contributed by atoms with E-state index in [2.05, 4.69) is 5.32 Å². The third-order valence-corrected chi connectivity index (χ3v) is 5.19. The number of carboxylic acid groups (broad SMARTS) is 1. The van der Waals surface area contributed by atoms with Crippen LogP contribution in [-0.2, 0) is 16.1 Å². The van der Waals surface area contributed by atoms with E-state index in [-0.39, 0.29) is 17.7 Å². The second kappa shape index (κ2) is 7.68. The first-order chi connectivity index (χ1) is 12.1. The van der Waals surface area contributed by atoms with E-state index in [1.54, 1.807) is 12.1 Å². The van der Waals surface area contributed by atoms with Crippen molar-refractivity contribution in [2.45, 2.75) is 51.1 Å². The minimum absolute atomic E-state index is 0.110. The average molecular weight is 344 g/mol. The lowest BCUT2D eigenvalue weighted by atomic mass is 10.1. The molecule has 1 aromatic carbocycles. The zero-order valence-electron chi connectivity index (χ0n) is 14.2. The van der Waals surface area contributed by atoms with Crippen LogP contribution >= 0.6 is 0 Å². The van der Waals surface area contributed by atoms with Gasteiger partial charge >= 0.3 is 5.97 Å². The van der Waals surface area contributed by atoms with Crippen LogP contribution < -0.4 is 5.32 Å². The summed E-state index contributed by atoms with van der Waals surface area (Å²) in [5.74, 6) is -0.938. The predicted octanol–water partition coefficient (Wildman–Crippen LogP) is 2.18. The molecule has 2 fully saturated rings. The summed E-state index contributed by atoms with van der Waals surface area (Å²) < 4.78 is 0. The monoisotopic (exact) mass is 344 g/mol. The molecule has 1 atom stereocenters. The van der Waals surface area contributed by atoms with Gasteiger partial charge in [0.1, 0.15) is 6.04 Å². The molecule has 25 heavy (non-hydrogen) atoms. The van der Waals surface area contributed by atoms with Crippen molar-refractivity contribution in [1.82, 2.24) is 10.2 Å². The maximum atomic E-state index is 12.5. The number of carbonyl (C=O) groups is 3. The lowest BCUT2D eigenvalue weighted by Crippen LogP contribution is -2.40. The van der Waals surface area contributed by atoms with Gasteiger partial charge in [0.05, 0.1) is 0 Å². The highest BCUT2D eigenvalue weighted by Crippen LogP contribution is 2.25. The number of benzene rings is 1. The van der Waals surface area contributed by atoms with E-state index in [0.717, 1.165) is 31.2 Å². The van der Waals surface area contributed by atoms with Gasteiger partial charge in [0.25, 0.3) is 5.91 Å². The summed E-state index contributed by atoms with van der Waals surface area (Å²) >= 11 is 0. The van der Waals surface area contributed by atoms with Crippen molar-refractivity contribution in [3.05, 3.63) is 35.4 Å². The molecule has 1 saturated heterocycles. The Labute approximate surface area is 147 Å². The molecule has 3 rings (SSSR count). The smallest absolute Gasteiger partial charge is 0.326 e. The van der Waals surface area contributed by atoms with E-state index in [0.29, 0.717) is 31.5 Å². The molecular weight excluding hydrogens is 320 g/mol. The molecule has 134 valence electrons. The Bertz CT molecular complexity index is 650. The van der Waals surface area contributed by atoms with Crippen LogP contribution in [0.4, 0.5) is 0 Å². The first-order valence-corrected chi connectivity index (χ1v) is 8.96. The number of aliphatic carboxylic acids is 1. The summed E-state index contributed by atoms with van der Waals surface area (Å²) in [5, 5.41) is 12.2. The molecule has 1 saturated carbocycles. The Balaban J connectivity index is 1.57. The number of hydrogen-bond donors (Lipinski definition) is 2. The van der Waals surface area contributed by atoms with Gasteiger partial charge < -0.3 is 15.3 Å². The van der Waals surface area contributed by atoms with Crippen LogP contribution in [0.25, 0.3) is 0 Å². The fourth-order valence-electron chi connectivity index (χ4n) is 3.72. The molecule has 6 heteroatoms. The largest absolute Gasteiger partial charge is 0.480 e. The normalized spacial score (nSPS) is 20.6. The van der Waals surface area contributed by atoms with Gasteiger partial charge in [0.15, 0.2) is 0 Å². The number of rotatable bonds is 5. The Kier molecular flexibility index (Phi) is 5.36. The number of hydrogen-bond acceptors (Lipinski definition) is 3. The van der Waals surface area contributed by atoms with Crippen molar-refractivity contribution >= 4 is 17.8 Å². The Morgan fingerprint density at radius 3 is 2.36 bits per heavy atom. The number of nitrogens with zero attached hydrogens (tertiary/aromatic N) is 1. The molecule has 1 heterocycles. The van der Waals surface area contributed by atoms with Crippen molar-refractivity contribution in [2.75, 3.05) is 6.54 Å². The highest BCUT2D eigenvalue weighted by atomic mass is 16.4. The molecule has 0 radical (unpaired) electrons. The fraction of sp³-hybridized carbons (Fsp3) is 0.526. The van der Waals surface area contributed by atoms with Crippen LogP contribution in [0.2, 0.25) is 0 Å². The summed E-state index contributed by atoms with van der Waals surface area (Å²) in [6, 6.07) is 6.31. The Hall–Kier alpha value is -2.37. The number of nitrogens with one attached hydrogen (secondary N) is 1. The number of carbonyl (C=O) groups excluding carboxylic acids is 2. The van der Waals surface area contributed by atoms with Crippen LogP contribution in [-0.4, -0.2) is 40.4 Å². The molecule has 1 aromatic rings. The molecule has 6 nitrogen and oxygen atoms in total. The molecule has 1 aliphatic carbocycles. The zero-order chi connectivity index (χ0) is 17.8. The summed E-state index contributed by atoms with van der Waals surface area (Å²) in [6.45, 7) is 0.931. The zero-order valence-corrected chi connectivity index (χ0v) is 14.2. The quantitative estimate of drug-likeness (QED) is 0.857. The van der Waals surface area contributed by atoms with Gasteiger partial charge in [0.2, 0.25) is 5.91 Å². The van der Waals surface area contributed by atoms with Crippen LogP contribution in [0.5, 0.6) is 0 Å². The Morgan fingerprint density at radius 2 is 1.72 bits per heavy atom. The topological polar surface area (TPSA) is 86.7 Å². The van der Waals surface area contributed by atoms with E-state index in [4.69, 9.17) is 0 Å². The van der Waals surface area contributed by atoms with Crippen LogP contribution in [0, 0.1) is 5.92 Å². The lowest BCUT2D eigenvalue weighted by Gasteiger charge is -2.21. The van der Waals surface area contributed by atoms with E-state index >= 15 is 0 Å². The Morgan fingerprint density at radius 1 is 1.04 bits per heavy atom. The highest BCUT2D eigenvalue weighted by Gasteiger charge is 2.34. The standard InChI is InChI=1S/C19H24N2O4/c22-17(14-4-1-2-5-14)20-12-13-7-9-15(10-8-13)18(23)21-11-3-6-16(21)19(24)25/h7-10,14,16H,1-6,11-12H2,(H,20,22)(H,24,25). The molecule has 0 spiro atoms. The predicted molar refractivity (Wildman–Crippen MR) is 91.9 cm³/mol. The average Bonchev–Trinajstić information content (AvgIpc) is 3.30. The molecule has 0 aromatic heterocycles. The van der Waals surface area contributed by atoms with Crippen molar-refractivity contribution in [2.24, 2.45) is 5.92 Å². The third kappa shape index (κ3) is 4.00. The molecule has 0 bridgehead atoms. The van der Waals surface area contributed by atoms with Crippen molar-refractivity contribution in [3.63, 3.8) is 0 Å². The molecule has 1 aliphatic heterocycles. The van der Waals surface area contributed by atoms with Gasteiger partial charge in [-0.15, -0.1) is 0 Å². The first kappa shape index (κ1) is 17.5. The second-order valence-corrected chi connectivity index (χ2v) is 6.89. The van der Waals surface area contributed by atoms with Crippen molar-refractivity contribution in [1.29, 1.82) is 0 Å². The highest BCUT2D eigenvalue weighted by molar-refractivity contribution is 5.97. The minimum atomic E-state index is -0.947. The van der Waals surface area contributed by atoms with Crippen molar-refractivity contribution < 1.29 is 19.5 Å². The van der Waals surface area contributed by atoms with Gasteiger partial charge in [-0.2, -0.15) is 0 Å². The van der Waals surface area contributed by atoms with Gasteiger partial charge in [-0.3, -0.25) is 9.59 Å². The molecule has 2 aliphatic rings. The van der Waals surface area contributed by atoms with Gasteiger partial charge in [-0.25, -0.2) is 4.79 Å². The summed E-state index contributed by atoms with van der Waals surface area (Å²) in [4.78, 5) is 37.2. The van der Waals surface area contributed by atoms with E-state index in [9.17, 15) is 19.5 Å². The maximum absolute atomic E-state index is 12.5. The number of amides is 2. The van der Waals surface area contributed by atoms with Crippen LogP contribution in [0.1, 0.15) is 54.4 Å². The fourth-order valence-corrected chi connectivity index (χ4v) is 3.72. The minimum Gasteiger partial charge on any atom is -0.480 e. The van der Waals surface area contributed by atoms with Gasteiger partial charge in [-0.1, -0.05) is 25.0 Å². The first-order valence-electron chi connectivity index (χ1n) is 8.96. The molecular formula is C19H24N2O4. The number of likely N-dealkylation sites (tertiary alicyclic amines) is 1. The van der Waals surface area contributed by atoms with Crippen LogP contribution in [0.15, 0.2) is 24.3 Å². The van der Waals surface area contributed by atoms with E-state index in [1.807, 2.05) is 12.1 Å².